The maximum atomic E-state index is 11.7. The molecule has 0 spiro atoms. The molecule has 0 radical (unpaired) electrons. The average molecular weight is 421 g/mol. The molecule has 0 aliphatic rings. The maximum absolute atomic E-state index is 11.7. The fourth-order valence-electron chi connectivity index (χ4n) is 3.39. The number of benzene rings is 2. The van der Waals surface area contributed by atoms with Crippen LogP contribution in [0.2, 0.25) is 0 Å². The third-order valence-corrected chi connectivity index (χ3v) is 4.89. The number of amides is 2. The number of rotatable bonds is 8. The molecule has 6 heteroatoms. The number of phenols is 1. The first kappa shape index (κ1) is 22.6. The molecule has 2 aromatic carbocycles. The molecule has 0 saturated carbocycles. The number of hydrogen-bond acceptors (Lipinski definition) is 4. The lowest BCUT2D eigenvalue weighted by atomic mass is 9.99. The van der Waals surface area contributed by atoms with Crippen LogP contribution in [0.4, 0.5) is 4.79 Å². The van der Waals surface area contributed by atoms with E-state index >= 15 is 0 Å². The molecule has 0 unspecified atom stereocenters. The Bertz CT molecular complexity index is 1010. The Morgan fingerprint density at radius 2 is 1.74 bits per heavy atom. The third-order valence-electron chi connectivity index (χ3n) is 4.89. The number of pyridine rings is 1. The summed E-state index contributed by atoms with van der Waals surface area (Å²) in [6.45, 7) is 8.24. The van der Waals surface area contributed by atoms with Crippen molar-refractivity contribution in [3.63, 3.8) is 0 Å². The van der Waals surface area contributed by atoms with Gasteiger partial charge in [-0.15, -0.1) is 0 Å². The summed E-state index contributed by atoms with van der Waals surface area (Å²) in [5, 5.41) is 21.1. The fraction of sp³-hybridized carbons (Fsp3) is 0.360. The number of aromatic hydroxyl groups is 1. The number of nitrogens with zero attached hydrogens (tertiary/aromatic N) is 1. The predicted molar refractivity (Wildman–Crippen MR) is 126 cm³/mol. The molecule has 164 valence electrons. The lowest BCUT2D eigenvalue weighted by Crippen LogP contribution is -2.46. The van der Waals surface area contributed by atoms with Crippen LogP contribution in [-0.4, -0.2) is 34.8 Å². The van der Waals surface area contributed by atoms with E-state index in [9.17, 15) is 9.90 Å². The van der Waals surface area contributed by atoms with Crippen molar-refractivity contribution >= 4 is 16.8 Å². The average Bonchev–Trinajstić information content (AvgIpc) is 2.72. The van der Waals surface area contributed by atoms with E-state index in [4.69, 9.17) is 0 Å². The first-order chi connectivity index (χ1) is 14.8. The Morgan fingerprint density at radius 1 is 1.00 bits per heavy atom. The summed E-state index contributed by atoms with van der Waals surface area (Å²) in [6, 6.07) is 13.5. The van der Waals surface area contributed by atoms with E-state index in [0.717, 1.165) is 47.8 Å². The van der Waals surface area contributed by atoms with Crippen molar-refractivity contribution in [3.05, 3.63) is 60.4 Å². The number of unbranched alkanes of at least 4 members (excludes halogenated alkanes) is 1. The van der Waals surface area contributed by atoms with E-state index in [1.807, 2.05) is 45.3 Å². The molecule has 0 bridgehead atoms. The molecular weight excluding hydrogens is 388 g/mol. The normalized spacial score (nSPS) is 11.5. The van der Waals surface area contributed by atoms with E-state index in [1.165, 1.54) is 5.56 Å². The molecular formula is C25H32N4O2. The Kier molecular flexibility index (Phi) is 7.47. The van der Waals surface area contributed by atoms with Crippen molar-refractivity contribution in [2.24, 2.45) is 0 Å². The zero-order valence-corrected chi connectivity index (χ0v) is 18.5. The highest BCUT2D eigenvalue weighted by Gasteiger charge is 2.12. The highest BCUT2D eigenvalue weighted by Crippen LogP contribution is 2.29. The van der Waals surface area contributed by atoms with Gasteiger partial charge in [-0.1, -0.05) is 24.3 Å². The molecule has 6 nitrogen and oxygen atoms in total. The van der Waals surface area contributed by atoms with Gasteiger partial charge in [0.05, 0.1) is 0 Å². The summed E-state index contributed by atoms with van der Waals surface area (Å²) < 4.78 is 0. The zero-order chi connectivity index (χ0) is 22.3. The van der Waals surface area contributed by atoms with Crippen molar-refractivity contribution < 1.29 is 9.90 Å². The lowest BCUT2D eigenvalue weighted by Gasteiger charge is -2.20. The predicted octanol–water partition coefficient (Wildman–Crippen LogP) is 4.57. The molecule has 31 heavy (non-hydrogen) atoms. The summed E-state index contributed by atoms with van der Waals surface area (Å²) in [5.41, 5.74) is 3.08. The van der Waals surface area contributed by atoms with Gasteiger partial charge in [0.2, 0.25) is 0 Å². The molecule has 0 saturated heterocycles. The number of aromatic nitrogens is 1. The van der Waals surface area contributed by atoms with Crippen LogP contribution in [0.3, 0.4) is 0 Å². The van der Waals surface area contributed by atoms with Crippen LogP contribution < -0.4 is 16.0 Å². The summed E-state index contributed by atoms with van der Waals surface area (Å²) in [6.07, 6.45) is 5.67. The number of carbonyl (C=O) groups is 1. The summed E-state index contributed by atoms with van der Waals surface area (Å²) in [5.74, 6) is 0.256. The first-order valence-corrected chi connectivity index (χ1v) is 10.7. The van der Waals surface area contributed by atoms with E-state index < -0.39 is 0 Å². The van der Waals surface area contributed by atoms with Gasteiger partial charge in [0, 0.05) is 42.0 Å². The highest BCUT2D eigenvalue weighted by atomic mass is 16.3. The fourth-order valence-corrected chi connectivity index (χ4v) is 3.39. The molecule has 1 aromatic heterocycles. The minimum absolute atomic E-state index is 0.115. The summed E-state index contributed by atoms with van der Waals surface area (Å²) >= 11 is 0. The Hall–Kier alpha value is -3.12. The minimum atomic E-state index is -0.219. The highest BCUT2D eigenvalue weighted by molar-refractivity contribution is 5.96. The number of phenolic OH excluding ortho intramolecular Hbond substituents is 1. The van der Waals surface area contributed by atoms with Crippen molar-refractivity contribution in [1.29, 1.82) is 0 Å². The summed E-state index contributed by atoms with van der Waals surface area (Å²) in [4.78, 5) is 16.1. The SMILES string of the molecule is CC(C)(C)NC(=O)NCCCCNCc1ccc2cncc(-c3ccc(O)cc3)c2c1. The largest absolute Gasteiger partial charge is 0.508 e. The molecule has 1 heterocycles. The van der Waals surface area contributed by atoms with Crippen LogP contribution >= 0.6 is 0 Å². The number of nitrogens with one attached hydrogen (secondary N) is 3. The van der Waals surface area contributed by atoms with Gasteiger partial charge in [-0.3, -0.25) is 4.98 Å². The van der Waals surface area contributed by atoms with Gasteiger partial charge in [-0.2, -0.15) is 0 Å². The van der Waals surface area contributed by atoms with Gasteiger partial charge < -0.3 is 21.1 Å². The standard InChI is InChI=1S/C25H32N4O2/c1-25(2,3)29-24(31)28-13-5-4-12-26-15-18-6-7-20-16-27-17-23(22(20)14-18)19-8-10-21(30)11-9-19/h6-11,14,16-17,26,30H,4-5,12-13,15H2,1-3H3,(H2,28,29,31). The van der Waals surface area contributed by atoms with Crippen LogP contribution in [0.15, 0.2) is 54.9 Å². The molecule has 3 rings (SSSR count). The van der Waals surface area contributed by atoms with Crippen LogP contribution in [0.1, 0.15) is 39.2 Å². The van der Waals surface area contributed by atoms with Crippen molar-refractivity contribution in [3.8, 4) is 16.9 Å². The quantitative estimate of drug-likeness (QED) is 0.402. The van der Waals surface area contributed by atoms with E-state index in [0.29, 0.717) is 6.54 Å². The number of hydrogen-bond donors (Lipinski definition) is 4. The van der Waals surface area contributed by atoms with Crippen molar-refractivity contribution in [1.82, 2.24) is 20.9 Å². The Balaban J connectivity index is 1.49. The molecule has 0 fully saturated rings. The van der Waals surface area contributed by atoms with Crippen LogP contribution in [-0.2, 0) is 6.54 Å². The Labute approximate surface area is 184 Å². The second-order valence-corrected chi connectivity index (χ2v) is 8.80. The van der Waals surface area contributed by atoms with Gasteiger partial charge in [-0.25, -0.2) is 4.79 Å². The van der Waals surface area contributed by atoms with Crippen LogP contribution in [0, 0.1) is 0 Å². The van der Waals surface area contributed by atoms with E-state index in [1.54, 1.807) is 12.1 Å². The number of fused-ring (bicyclic) bond motifs is 1. The lowest BCUT2D eigenvalue weighted by molar-refractivity contribution is 0.232. The zero-order valence-electron chi connectivity index (χ0n) is 18.5. The van der Waals surface area contributed by atoms with Crippen molar-refractivity contribution in [2.75, 3.05) is 13.1 Å². The molecule has 4 N–H and O–H groups in total. The van der Waals surface area contributed by atoms with Gasteiger partial charge in [0.25, 0.3) is 0 Å². The van der Waals surface area contributed by atoms with Crippen LogP contribution in [0.25, 0.3) is 21.9 Å². The topological polar surface area (TPSA) is 86.3 Å². The van der Waals surface area contributed by atoms with Crippen molar-refractivity contribution in [2.45, 2.75) is 45.7 Å². The number of carbonyl (C=O) groups excluding carboxylic acids is 1. The third kappa shape index (κ3) is 6.96. The minimum Gasteiger partial charge on any atom is -0.508 e. The van der Waals surface area contributed by atoms with E-state index in [2.05, 4.69) is 39.1 Å². The van der Waals surface area contributed by atoms with Crippen LogP contribution in [0.5, 0.6) is 5.75 Å². The molecule has 0 aliphatic carbocycles. The first-order valence-electron chi connectivity index (χ1n) is 10.7. The second kappa shape index (κ2) is 10.3. The molecule has 0 atom stereocenters. The Morgan fingerprint density at radius 3 is 2.48 bits per heavy atom. The van der Waals surface area contributed by atoms with Gasteiger partial charge in [-0.05, 0) is 74.9 Å². The maximum Gasteiger partial charge on any atom is 0.315 e. The molecule has 3 aromatic rings. The monoisotopic (exact) mass is 420 g/mol. The van der Waals surface area contributed by atoms with E-state index in [-0.39, 0.29) is 17.3 Å². The molecule has 0 aliphatic heterocycles. The molecule has 2 amide bonds. The smallest absolute Gasteiger partial charge is 0.315 e. The summed E-state index contributed by atoms with van der Waals surface area (Å²) in [7, 11) is 0. The number of urea groups is 1. The van der Waals surface area contributed by atoms with Gasteiger partial charge >= 0.3 is 6.03 Å². The second-order valence-electron chi connectivity index (χ2n) is 8.80. The van der Waals surface area contributed by atoms with Gasteiger partial charge in [0.15, 0.2) is 0 Å². The van der Waals surface area contributed by atoms with Gasteiger partial charge in [0.1, 0.15) is 5.75 Å².